The van der Waals surface area contributed by atoms with Crippen molar-refractivity contribution < 1.29 is 28.6 Å². The molecule has 0 saturated heterocycles. The van der Waals surface area contributed by atoms with Gasteiger partial charge in [-0.1, -0.05) is 295 Å². The number of carbonyl (C=O) groups is 3. The van der Waals surface area contributed by atoms with Gasteiger partial charge in [0.25, 0.3) is 0 Å². The van der Waals surface area contributed by atoms with Gasteiger partial charge < -0.3 is 14.2 Å². The number of esters is 3. The van der Waals surface area contributed by atoms with Crippen LogP contribution in [-0.4, -0.2) is 37.2 Å². The second-order valence-corrected chi connectivity index (χ2v) is 21.0. The first-order valence-corrected chi connectivity index (χ1v) is 31.0. The van der Waals surface area contributed by atoms with Gasteiger partial charge in [-0.2, -0.15) is 0 Å². The molecule has 0 aromatic rings. The van der Waals surface area contributed by atoms with Crippen molar-refractivity contribution in [2.45, 2.75) is 341 Å². The molecule has 0 fully saturated rings. The number of allylic oxidation sites excluding steroid dienone is 6. The van der Waals surface area contributed by atoms with Gasteiger partial charge in [-0.15, -0.1) is 0 Å². The van der Waals surface area contributed by atoms with Crippen LogP contribution in [0.2, 0.25) is 0 Å². The Morgan fingerprint density at radius 2 is 0.514 bits per heavy atom. The number of carbonyl (C=O) groups excluding carboxylic acids is 3. The molecule has 0 aromatic heterocycles. The Bertz CT molecular complexity index is 1170. The maximum Gasteiger partial charge on any atom is 0.306 e. The largest absolute Gasteiger partial charge is 0.462 e. The molecule has 6 nitrogen and oxygen atoms in total. The highest BCUT2D eigenvalue weighted by Crippen LogP contribution is 2.17. The van der Waals surface area contributed by atoms with E-state index in [4.69, 9.17) is 14.2 Å². The Morgan fingerprint density at radius 3 is 0.800 bits per heavy atom. The molecule has 0 heterocycles. The van der Waals surface area contributed by atoms with Crippen molar-refractivity contribution >= 4 is 17.9 Å². The van der Waals surface area contributed by atoms with Crippen LogP contribution < -0.4 is 0 Å². The van der Waals surface area contributed by atoms with Gasteiger partial charge in [0.2, 0.25) is 0 Å². The van der Waals surface area contributed by atoms with Gasteiger partial charge in [0.1, 0.15) is 13.2 Å². The zero-order chi connectivity index (χ0) is 50.7. The number of ether oxygens (including phenoxy) is 3. The van der Waals surface area contributed by atoms with Crippen LogP contribution in [-0.2, 0) is 28.6 Å². The molecular weight excluding hydrogens is 865 g/mol. The molecule has 0 radical (unpaired) electrons. The molecule has 6 heteroatoms. The van der Waals surface area contributed by atoms with E-state index in [-0.39, 0.29) is 31.1 Å². The number of hydrogen-bond donors (Lipinski definition) is 0. The Morgan fingerprint density at radius 1 is 0.286 bits per heavy atom. The van der Waals surface area contributed by atoms with Crippen LogP contribution in [0.25, 0.3) is 0 Å². The van der Waals surface area contributed by atoms with E-state index < -0.39 is 6.10 Å². The Balaban J connectivity index is 3.89. The third-order valence-electron chi connectivity index (χ3n) is 13.9. The Hall–Kier alpha value is -2.37. The monoisotopic (exact) mass is 983 g/mol. The van der Waals surface area contributed by atoms with Crippen molar-refractivity contribution in [2.75, 3.05) is 13.2 Å². The van der Waals surface area contributed by atoms with Crippen molar-refractivity contribution in [3.05, 3.63) is 36.5 Å². The summed E-state index contributed by atoms with van der Waals surface area (Å²) in [6, 6.07) is 0. The summed E-state index contributed by atoms with van der Waals surface area (Å²) in [6.45, 7) is 6.58. The highest BCUT2D eigenvalue weighted by Gasteiger charge is 2.19. The lowest BCUT2D eigenvalue weighted by atomic mass is 10.0. The van der Waals surface area contributed by atoms with E-state index in [1.165, 1.54) is 218 Å². The predicted molar refractivity (Wildman–Crippen MR) is 302 cm³/mol. The predicted octanol–water partition coefficient (Wildman–Crippen LogP) is 20.8. The van der Waals surface area contributed by atoms with Gasteiger partial charge in [-0.3, -0.25) is 14.4 Å². The van der Waals surface area contributed by atoms with Crippen molar-refractivity contribution in [3.63, 3.8) is 0 Å². The minimum Gasteiger partial charge on any atom is -0.462 e. The van der Waals surface area contributed by atoms with Crippen LogP contribution in [0, 0.1) is 0 Å². The normalized spacial score (nSPS) is 12.2. The van der Waals surface area contributed by atoms with Crippen LogP contribution in [0.15, 0.2) is 36.5 Å². The molecule has 410 valence electrons. The molecule has 70 heavy (non-hydrogen) atoms. The van der Waals surface area contributed by atoms with E-state index in [0.717, 1.165) is 77.0 Å². The van der Waals surface area contributed by atoms with Gasteiger partial charge in [0.05, 0.1) is 0 Å². The third kappa shape index (κ3) is 56.5. The summed E-state index contributed by atoms with van der Waals surface area (Å²) in [4.78, 5) is 37.8. The second kappa shape index (κ2) is 59.2. The number of rotatable bonds is 57. The van der Waals surface area contributed by atoms with E-state index in [1.54, 1.807) is 0 Å². The molecule has 0 spiro atoms. The summed E-state index contributed by atoms with van der Waals surface area (Å²) in [6.07, 6.45) is 72.1. The van der Waals surface area contributed by atoms with Crippen molar-refractivity contribution in [3.8, 4) is 0 Å². The lowest BCUT2D eigenvalue weighted by Gasteiger charge is -2.18. The van der Waals surface area contributed by atoms with Gasteiger partial charge >= 0.3 is 17.9 Å². The summed E-state index contributed by atoms with van der Waals surface area (Å²) in [7, 11) is 0. The number of unbranched alkanes of at least 4 members (excludes halogenated alkanes) is 40. The smallest absolute Gasteiger partial charge is 0.306 e. The standard InChI is InChI=1S/C64H118O6/c1-4-7-10-13-15-17-19-21-23-24-25-26-27-28-29-30-31-32-33-34-35-36-37-38-39-40-41-43-44-46-48-51-54-57-63(66)69-60-61(59-68-62(65)56-53-50-12-9-6-3)70-64(67)58-55-52-49-47-45-42-22-20-18-16-14-11-8-5-2/h19,21,24-25,27-28,61H,4-18,20,22-23,26,29-60H2,1-3H3/b21-19-,25-24-,28-27-. The summed E-state index contributed by atoms with van der Waals surface area (Å²) >= 11 is 0. The Labute approximate surface area is 435 Å². The number of hydrogen-bond acceptors (Lipinski definition) is 6. The molecule has 1 unspecified atom stereocenters. The van der Waals surface area contributed by atoms with E-state index in [9.17, 15) is 14.4 Å². The first kappa shape index (κ1) is 67.6. The highest BCUT2D eigenvalue weighted by molar-refractivity contribution is 5.71. The van der Waals surface area contributed by atoms with E-state index in [1.807, 2.05) is 0 Å². The fourth-order valence-corrected chi connectivity index (χ4v) is 9.22. The molecule has 0 aliphatic carbocycles. The zero-order valence-electron chi connectivity index (χ0n) is 47.1. The molecule has 0 saturated carbocycles. The third-order valence-corrected chi connectivity index (χ3v) is 13.9. The van der Waals surface area contributed by atoms with Gasteiger partial charge in [0.15, 0.2) is 6.10 Å². The van der Waals surface area contributed by atoms with Crippen LogP contribution in [0.1, 0.15) is 335 Å². The van der Waals surface area contributed by atoms with Crippen LogP contribution >= 0.6 is 0 Å². The molecule has 0 aromatic carbocycles. The van der Waals surface area contributed by atoms with Crippen LogP contribution in [0.3, 0.4) is 0 Å². The van der Waals surface area contributed by atoms with Crippen LogP contribution in [0.5, 0.6) is 0 Å². The van der Waals surface area contributed by atoms with Crippen molar-refractivity contribution in [2.24, 2.45) is 0 Å². The minimum absolute atomic E-state index is 0.0668. The van der Waals surface area contributed by atoms with E-state index >= 15 is 0 Å². The first-order chi connectivity index (χ1) is 34.5. The van der Waals surface area contributed by atoms with Crippen molar-refractivity contribution in [1.29, 1.82) is 0 Å². The van der Waals surface area contributed by atoms with E-state index in [0.29, 0.717) is 19.3 Å². The Kier molecular flexibility index (Phi) is 57.2. The van der Waals surface area contributed by atoms with Gasteiger partial charge in [0, 0.05) is 19.3 Å². The fourth-order valence-electron chi connectivity index (χ4n) is 9.22. The molecule has 0 rings (SSSR count). The topological polar surface area (TPSA) is 78.9 Å². The van der Waals surface area contributed by atoms with Gasteiger partial charge in [-0.25, -0.2) is 0 Å². The maximum absolute atomic E-state index is 12.8. The average molecular weight is 984 g/mol. The van der Waals surface area contributed by atoms with Gasteiger partial charge in [-0.05, 0) is 57.8 Å². The molecule has 0 aliphatic heterocycles. The van der Waals surface area contributed by atoms with E-state index in [2.05, 4.69) is 57.2 Å². The second-order valence-electron chi connectivity index (χ2n) is 21.0. The maximum atomic E-state index is 12.8. The molecule has 1 atom stereocenters. The highest BCUT2D eigenvalue weighted by atomic mass is 16.6. The zero-order valence-corrected chi connectivity index (χ0v) is 47.1. The fraction of sp³-hybridized carbons (Fsp3) is 0.859. The molecule has 0 bridgehead atoms. The summed E-state index contributed by atoms with van der Waals surface area (Å²) < 4.78 is 16.7. The van der Waals surface area contributed by atoms with Crippen molar-refractivity contribution in [1.82, 2.24) is 0 Å². The lowest BCUT2D eigenvalue weighted by molar-refractivity contribution is -0.167. The molecule has 0 N–H and O–H groups in total. The molecular formula is C64H118O6. The molecule has 0 amide bonds. The SMILES string of the molecule is CCCCCCC/C=C\C/C=C\C/C=C\CCCCCCCCCCCCCCCCCCCCC(=O)OCC(COC(=O)CCCCCCC)OC(=O)CCCCCCCCCCCCCCCC. The first-order valence-electron chi connectivity index (χ1n) is 31.0. The average Bonchev–Trinajstić information content (AvgIpc) is 3.36. The quantitative estimate of drug-likeness (QED) is 0.0261. The minimum atomic E-state index is -0.763. The summed E-state index contributed by atoms with van der Waals surface area (Å²) in [5, 5.41) is 0. The molecule has 0 aliphatic rings. The van der Waals surface area contributed by atoms with Crippen LogP contribution in [0.4, 0.5) is 0 Å². The lowest BCUT2D eigenvalue weighted by Crippen LogP contribution is -2.30. The summed E-state index contributed by atoms with van der Waals surface area (Å²) in [5.74, 6) is -0.863. The summed E-state index contributed by atoms with van der Waals surface area (Å²) in [5.41, 5.74) is 0.